The smallest absolute Gasteiger partial charge is 0.207 e. The molecule has 1 atom stereocenters. The first-order valence-corrected chi connectivity index (χ1v) is 5.99. The van der Waals surface area contributed by atoms with Crippen molar-refractivity contribution in [3.8, 4) is 0 Å². The van der Waals surface area contributed by atoms with Gasteiger partial charge in [0.2, 0.25) is 0 Å². The lowest BCUT2D eigenvalue weighted by Gasteiger charge is -2.19. The van der Waals surface area contributed by atoms with Crippen molar-refractivity contribution >= 4 is 0 Å². The summed E-state index contributed by atoms with van der Waals surface area (Å²) in [6.07, 6.45) is -4.63. The van der Waals surface area contributed by atoms with Crippen LogP contribution in [0.5, 0.6) is 0 Å². The average molecular weight is 274 g/mol. The summed E-state index contributed by atoms with van der Waals surface area (Å²) in [4.78, 5) is 0. The van der Waals surface area contributed by atoms with Crippen molar-refractivity contribution < 1.29 is 22.0 Å². The van der Waals surface area contributed by atoms with Crippen molar-refractivity contribution in [3.63, 3.8) is 0 Å². The fraction of sp³-hybridized carbons (Fsp3) is 1.00. The van der Waals surface area contributed by atoms with Gasteiger partial charge >= 0.3 is 6.18 Å². The topological polar surface area (TPSA) is 0 Å². The lowest BCUT2D eigenvalue weighted by atomic mass is 9.90. The zero-order valence-electron chi connectivity index (χ0n) is 11.9. The normalized spacial score (nSPS) is 23.2. The third-order valence-electron chi connectivity index (χ3n) is 2.60. The summed E-state index contributed by atoms with van der Waals surface area (Å²) >= 11 is 0. The van der Waals surface area contributed by atoms with E-state index in [9.17, 15) is 22.0 Å². The minimum absolute atomic E-state index is 0.0938. The first-order valence-electron chi connectivity index (χ1n) is 5.99. The molecule has 1 unspecified atom stereocenters. The molecule has 1 saturated carbocycles. The van der Waals surface area contributed by atoms with Crippen LogP contribution in [0.2, 0.25) is 0 Å². The maximum atomic E-state index is 12.3. The van der Waals surface area contributed by atoms with Crippen molar-refractivity contribution in [2.24, 2.45) is 16.7 Å². The van der Waals surface area contributed by atoms with Gasteiger partial charge in [-0.3, -0.25) is 0 Å². The van der Waals surface area contributed by atoms with Crippen molar-refractivity contribution in [3.05, 3.63) is 0 Å². The molecular weight excluding hydrogens is 251 g/mol. The fourth-order valence-electron chi connectivity index (χ4n) is 1.75. The molecule has 0 radical (unpaired) electrons. The first kappa shape index (κ1) is 17.6. The summed E-state index contributed by atoms with van der Waals surface area (Å²) in [5, 5.41) is 0. The van der Waals surface area contributed by atoms with E-state index in [2.05, 4.69) is 0 Å². The number of rotatable bonds is 0. The van der Waals surface area contributed by atoms with Gasteiger partial charge in [0.15, 0.2) is 0 Å². The second kappa shape index (κ2) is 4.97. The zero-order chi connectivity index (χ0) is 15.0. The first-order chi connectivity index (χ1) is 7.55. The molecule has 18 heavy (non-hydrogen) atoms. The molecule has 1 rings (SSSR count). The SMILES string of the molecule is CC(C)(C)C1CC1(F)F.CC(C)(C)CC(F)(F)F. The van der Waals surface area contributed by atoms with E-state index >= 15 is 0 Å². The van der Waals surface area contributed by atoms with Crippen LogP contribution in [0, 0.1) is 16.7 Å². The highest BCUT2D eigenvalue weighted by Crippen LogP contribution is 2.57. The molecule has 0 N–H and O–H groups in total. The van der Waals surface area contributed by atoms with E-state index in [0.717, 1.165) is 0 Å². The molecular formula is C13H23F5. The second-order valence-electron chi connectivity index (χ2n) is 7.24. The summed E-state index contributed by atoms with van der Waals surface area (Å²) in [5.41, 5.74) is -0.845. The van der Waals surface area contributed by atoms with Crippen LogP contribution >= 0.6 is 0 Å². The van der Waals surface area contributed by atoms with Crippen LogP contribution in [0.25, 0.3) is 0 Å². The van der Waals surface area contributed by atoms with Gasteiger partial charge in [-0.2, -0.15) is 13.2 Å². The Morgan fingerprint density at radius 3 is 1.28 bits per heavy atom. The lowest BCUT2D eigenvalue weighted by molar-refractivity contribution is -0.152. The number of hydrogen-bond donors (Lipinski definition) is 0. The van der Waals surface area contributed by atoms with Gasteiger partial charge in [-0.15, -0.1) is 0 Å². The Hall–Kier alpha value is -0.350. The average Bonchev–Trinajstić information content (AvgIpc) is 2.50. The van der Waals surface area contributed by atoms with Gasteiger partial charge in [-0.05, 0) is 10.8 Å². The van der Waals surface area contributed by atoms with Crippen LogP contribution in [0.4, 0.5) is 22.0 Å². The van der Waals surface area contributed by atoms with Gasteiger partial charge in [0, 0.05) is 18.8 Å². The molecule has 0 aromatic heterocycles. The van der Waals surface area contributed by atoms with E-state index in [0.29, 0.717) is 0 Å². The van der Waals surface area contributed by atoms with Crippen LogP contribution in [0.1, 0.15) is 54.4 Å². The van der Waals surface area contributed by atoms with Gasteiger partial charge < -0.3 is 0 Å². The minimum Gasteiger partial charge on any atom is -0.207 e. The maximum absolute atomic E-state index is 12.3. The molecule has 0 saturated heterocycles. The Morgan fingerprint density at radius 2 is 1.28 bits per heavy atom. The number of alkyl halides is 5. The fourth-order valence-corrected chi connectivity index (χ4v) is 1.75. The van der Waals surface area contributed by atoms with E-state index in [1.807, 2.05) is 20.8 Å². The molecule has 110 valence electrons. The van der Waals surface area contributed by atoms with Gasteiger partial charge in [0.05, 0.1) is 0 Å². The summed E-state index contributed by atoms with van der Waals surface area (Å²) in [6.45, 7) is 10.3. The molecule has 0 aromatic carbocycles. The predicted molar refractivity (Wildman–Crippen MR) is 62.6 cm³/mol. The number of halogens is 5. The highest BCUT2D eigenvalue weighted by atomic mass is 19.4. The molecule has 0 aliphatic heterocycles. The van der Waals surface area contributed by atoms with Crippen molar-refractivity contribution in [1.82, 2.24) is 0 Å². The monoisotopic (exact) mass is 274 g/mol. The summed E-state index contributed by atoms with van der Waals surface area (Å²) in [7, 11) is 0. The molecule has 0 heterocycles. The second-order valence-corrected chi connectivity index (χ2v) is 7.24. The van der Waals surface area contributed by atoms with Gasteiger partial charge in [0.25, 0.3) is 5.92 Å². The summed E-state index contributed by atoms with van der Waals surface area (Å²) < 4.78 is 59.2. The summed E-state index contributed by atoms with van der Waals surface area (Å²) in [6, 6.07) is 0. The molecule has 0 aromatic rings. The van der Waals surface area contributed by atoms with Crippen LogP contribution in [-0.2, 0) is 0 Å². The van der Waals surface area contributed by atoms with Crippen molar-refractivity contribution in [2.45, 2.75) is 66.5 Å². The van der Waals surface area contributed by atoms with Crippen LogP contribution in [0.3, 0.4) is 0 Å². The molecule has 5 heteroatoms. The minimum atomic E-state index is -4.02. The van der Waals surface area contributed by atoms with E-state index in [1.54, 1.807) is 20.8 Å². The highest BCUT2D eigenvalue weighted by Gasteiger charge is 2.61. The molecule has 1 aliphatic rings. The van der Waals surface area contributed by atoms with Gasteiger partial charge in [-0.25, -0.2) is 8.78 Å². The Bertz CT molecular complexity index is 248. The van der Waals surface area contributed by atoms with E-state index in [1.165, 1.54) is 0 Å². The standard InChI is InChI=1S/C7H12F2.C6H11F3/c1-6(2,3)5-4-7(5,8)9;1-5(2,3)4-6(7,8)9/h5H,4H2,1-3H3;4H2,1-3H3. The molecule has 1 aliphatic carbocycles. The Labute approximate surface area is 106 Å². The van der Waals surface area contributed by atoms with Crippen LogP contribution < -0.4 is 0 Å². The van der Waals surface area contributed by atoms with Gasteiger partial charge in [-0.1, -0.05) is 41.5 Å². The predicted octanol–water partition coefficient (Wildman–Crippen LogP) is 5.67. The number of hydrogen-bond acceptors (Lipinski definition) is 0. The van der Waals surface area contributed by atoms with E-state index in [-0.39, 0.29) is 17.8 Å². The van der Waals surface area contributed by atoms with Crippen molar-refractivity contribution in [1.29, 1.82) is 0 Å². The summed E-state index contributed by atoms with van der Waals surface area (Å²) in [5.74, 6) is -2.72. The van der Waals surface area contributed by atoms with Crippen molar-refractivity contribution in [2.75, 3.05) is 0 Å². The Kier molecular flexibility index (Phi) is 4.87. The quantitative estimate of drug-likeness (QED) is 0.499. The zero-order valence-corrected chi connectivity index (χ0v) is 11.9. The molecule has 1 fully saturated rings. The molecule has 0 spiro atoms. The Morgan fingerprint density at radius 1 is 0.944 bits per heavy atom. The van der Waals surface area contributed by atoms with E-state index < -0.39 is 23.9 Å². The Balaban J connectivity index is 0.000000321. The maximum Gasteiger partial charge on any atom is 0.389 e. The third-order valence-corrected chi connectivity index (χ3v) is 2.60. The molecule has 0 bridgehead atoms. The van der Waals surface area contributed by atoms with E-state index in [4.69, 9.17) is 0 Å². The van der Waals surface area contributed by atoms with Crippen LogP contribution in [0.15, 0.2) is 0 Å². The van der Waals surface area contributed by atoms with Crippen LogP contribution in [-0.4, -0.2) is 12.1 Å². The largest absolute Gasteiger partial charge is 0.389 e. The third kappa shape index (κ3) is 7.88. The van der Waals surface area contributed by atoms with Gasteiger partial charge in [0.1, 0.15) is 0 Å². The molecule has 0 amide bonds. The highest BCUT2D eigenvalue weighted by molar-refractivity contribution is 5.01. The molecule has 0 nitrogen and oxygen atoms in total. The lowest BCUT2D eigenvalue weighted by Crippen LogP contribution is -2.18.